The molecule has 0 saturated heterocycles. The molecule has 0 saturated carbocycles. The summed E-state index contributed by atoms with van der Waals surface area (Å²) in [5, 5.41) is 16.9. The third kappa shape index (κ3) is 10.0. The van der Waals surface area contributed by atoms with Crippen LogP contribution in [0.1, 0.15) is 21.0 Å². The van der Waals surface area contributed by atoms with Crippen LogP contribution in [0.3, 0.4) is 0 Å². The minimum atomic E-state index is -1.24. The Labute approximate surface area is 199 Å². The molecule has 0 amide bonds. The van der Waals surface area contributed by atoms with E-state index in [1.54, 1.807) is 0 Å². The number of fused-ring (bicyclic) bond motifs is 1. The zero-order valence-corrected chi connectivity index (χ0v) is 18.4. The summed E-state index contributed by atoms with van der Waals surface area (Å²) in [6.07, 6.45) is 0. The Bertz CT molecular complexity index is 1090. The fourth-order valence-corrected chi connectivity index (χ4v) is 2.58. The van der Waals surface area contributed by atoms with Gasteiger partial charge in [-0.25, -0.2) is 14.6 Å². The van der Waals surface area contributed by atoms with Gasteiger partial charge in [-0.2, -0.15) is 0 Å². The first-order chi connectivity index (χ1) is 16.6. The van der Waals surface area contributed by atoms with Gasteiger partial charge in [-0.05, 0) is 23.3 Å². The highest BCUT2D eigenvalue weighted by Crippen LogP contribution is 2.15. The second-order valence-electron chi connectivity index (χ2n) is 6.67. The van der Waals surface area contributed by atoms with Gasteiger partial charge in [0.15, 0.2) is 0 Å². The summed E-state index contributed by atoms with van der Waals surface area (Å²) >= 11 is 0. The van der Waals surface area contributed by atoms with E-state index in [2.05, 4.69) is 53.5 Å². The number of nitrogens with zero attached hydrogens (tertiary/aromatic N) is 1. The largest absolute Gasteiger partial charge is 0.477 e. The molecule has 0 aromatic carbocycles. The summed E-state index contributed by atoms with van der Waals surface area (Å²) in [6, 6.07) is 44.8. The zero-order valence-electron chi connectivity index (χ0n) is 18.4. The molecule has 0 spiro atoms. The molecule has 5 heteroatoms. The zero-order chi connectivity index (χ0) is 24.4. The Morgan fingerprint density at radius 1 is 0.412 bits per heavy atom. The third-order valence-corrected chi connectivity index (χ3v) is 4.18. The van der Waals surface area contributed by atoms with Crippen molar-refractivity contribution in [1.82, 2.24) is 4.98 Å². The lowest BCUT2D eigenvalue weighted by Crippen LogP contribution is -2.06. The van der Waals surface area contributed by atoms with Crippen molar-refractivity contribution in [3.63, 3.8) is 0 Å². The first-order valence-corrected chi connectivity index (χ1v) is 10.5. The summed E-state index contributed by atoms with van der Waals surface area (Å²) in [5.74, 6) is -2.48. The molecule has 2 N–H and O–H groups in total. The summed E-state index contributed by atoms with van der Waals surface area (Å²) in [4.78, 5) is 24.0. The number of aromatic nitrogens is 1. The van der Waals surface area contributed by atoms with Gasteiger partial charge in [-0.3, -0.25) is 0 Å². The van der Waals surface area contributed by atoms with Crippen molar-refractivity contribution in [2.75, 3.05) is 0 Å². The average Bonchev–Trinajstić information content (AvgIpc) is 2.82. The number of pyridine rings is 1. The molecule has 0 aliphatic heterocycles. The van der Waals surface area contributed by atoms with Gasteiger partial charge in [0.1, 0.15) is 11.4 Å². The van der Waals surface area contributed by atoms with Crippen LogP contribution >= 0.6 is 0 Å². The van der Waals surface area contributed by atoms with E-state index < -0.39 is 11.9 Å². The predicted octanol–water partition coefficient (Wildman–Crippen LogP) is 6.64. The van der Waals surface area contributed by atoms with Gasteiger partial charge < -0.3 is 10.2 Å². The molecule has 0 atom stereocenters. The lowest BCUT2D eigenvalue weighted by Gasteiger charge is -1.95. The molecule has 170 valence electrons. The van der Waals surface area contributed by atoms with E-state index in [9.17, 15) is 9.59 Å². The fourth-order valence-electron chi connectivity index (χ4n) is 2.58. The van der Waals surface area contributed by atoms with Gasteiger partial charge in [0.2, 0.25) is 0 Å². The Hall–Kier alpha value is -4.77. The normalized spacial score (nSPS) is 9.06. The van der Waals surface area contributed by atoms with E-state index in [4.69, 9.17) is 10.2 Å². The molecular weight excluding hydrogens is 426 g/mol. The second-order valence-corrected chi connectivity index (χ2v) is 6.67. The van der Waals surface area contributed by atoms with E-state index in [-0.39, 0.29) is 11.4 Å². The molecule has 0 fully saturated rings. The first kappa shape index (κ1) is 25.5. The number of hydrogen-bond donors (Lipinski definition) is 2. The van der Waals surface area contributed by atoms with Crippen molar-refractivity contribution >= 4 is 11.9 Å². The van der Waals surface area contributed by atoms with Crippen LogP contribution in [-0.2, 0) is 0 Å². The molecule has 5 nitrogen and oxygen atoms in total. The van der Waals surface area contributed by atoms with E-state index in [0.29, 0.717) is 0 Å². The van der Waals surface area contributed by atoms with Crippen LogP contribution in [0.15, 0.2) is 140 Å². The van der Waals surface area contributed by atoms with Gasteiger partial charge in [0.25, 0.3) is 0 Å². The Morgan fingerprint density at radius 3 is 0.941 bits per heavy atom. The van der Waals surface area contributed by atoms with E-state index >= 15 is 0 Å². The second kappa shape index (κ2) is 15.1. The summed E-state index contributed by atoms with van der Waals surface area (Å²) in [5.41, 5.74) is 1.79. The molecule has 1 aromatic rings. The molecular formula is C29H25NO4. The molecule has 2 aliphatic rings. The van der Waals surface area contributed by atoms with E-state index in [1.165, 1.54) is 18.2 Å². The van der Waals surface area contributed by atoms with Crippen LogP contribution in [0.2, 0.25) is 0 Å². The topological polar surface area (TPSA) is 87.5 Å². The lowest BCUT2D eigenvalue weighted by atomic mass is 10.1. The molecule has 0 radical (unpaired) electrons. The average molecular weight is 452 g/mol. The minimum absolute atomic E-state index is 0.269. The Balaban J connectivity index is 0.000000287. The maximum Gasteiger partial charge on any atom is 0.354 e. The number of hydrogen-bond acceptors (Lipinski definition) is 3. The van der Waals surface area contributed by atoms with Crippen molar-refractivity contribution < 1.29 is 19.8 Å². The minimum Gasteiger partial charge on any atom is -0.477 e. The smallest absolute Gasteiger partial charge is 0.354 e. The SMILES string of the molecule is O=C(O)c1cccc(C(=O)O)n1.c1cccccc2ccccccccccc-2cccc1. The van der Waals surface area contributed by atoms with Crippen molar-refractivity contribution in [2.45, 2.75) is 0 Å². The monoisotopic (exact) mass is 451 g/mol. The van der Waals surface area contributed by atoms with Crippen molar-refractivity contribution in [3.8, 4) is 11.1 Å². The molecule has 0 bridgehead atoms. The molecule has 2 aliphatic carbocycles. The number of aromatic carboxylic acids is 2. The van der Waals surface area contributed by atoms with Crippen LogP contribution < -0.4 is 0 Å². The number of carboxylic acids is 2. The first-order valence-electron chi connectivity index (χ1n) is 10.5. The number of rotatable bonds is 2. The summed E-state index contributed by atoms with van der Waals surface area (Å²) in [6.45, 7) is 0. The van der Waals surface area contributed by atoms with E-state index in [1.807, 2.05) is 72.8 Å². The summed E-state index contributed by atoms with van der Waals surface area (Å²) in [7, 11) is 0. The maximum atomic E-state index is 10.3. The van der Waals surface area contributed by atoms with Crippen LogP contribution in [0.4, 0.5) is 0 Å². The standard InChI is InChI=1S/C22H20.C7H5NO4/c1-2-6-10-14-18-22-20-16-12-8-4-3-7-11-15-19-21(22)17-13-9-5-1;9-6(10)4-2-1-3-5(8-4)7(11)12/h1-20H;1-3H,(H,9,10)(H,11,12). The highest BCUT2D eigenvalue weighted by molar-refractivity contribution is 5.89. The van der Waals surface area contributed by atoms with Crippen molar-refractivity contribution in [1.29, 1.82) is 0 Å². The van der Waals surface area contributed by atoms with Crippen molar-refractivity contribution in [2.24, 2.45) is 0 Å². The van der Waals surface area contributed by atoms with Crippen LogP contribution in [0.25, 0.3) is 11.1 Å². The molecule has 34 heavy (non-hydrogen) atoms. The summed E-state index contributed by atoms with van der Waals surface area (Å²) < 4.78 is 0. The maximum absolute atomic E-state index is 10.3. The quantitative estimate of drug-likeness (QED) is 0.456. The van der Waals surface area contributed by atoms with Gasteiger partial charge in [0, 0.05) is 0 Å². The highest BCUT2D eigenvalue weighted by Gasteiger charge is 2.08. The van der Waals surface area contributed by atoms with Gasteiger partial charge >= 0.3 is 11.9 Å². The van der Waals surface area contributed by atoms with E-state index in [0.717, 1.165) is 11.1 Å². The lowest BCUT2D eigenvalue weighted by molar-refractivity contribution is 0.0685. The van der Waals surface area contributed by atoms with Gasteiger partial charge in [-0.15, -0.1) is 0 Å². The molecule has 0 unspecified atom stereocenters. The molecule has 1 aromatic heterocycles. The number of carboxylic acid groups (broad SMARTS) is 2. The fraction of sp³-hybridized carbons (Fsp3) is 0. The van der Waals surface area contributed by atoms with Crippen LogP contribution in [-0.4, -0.2) is 27.1 Å². The third-order valence-electron chi connectivity index (χ3n) is 4.18. The van der Waals surface area contributed by atoms with Gasteiger partial charge in [-0.1, -0.05) is 127 Å². The van der Waals surface area contributed by atoms with Crippen molar-refractivity contribution in [3.05, 3.63) is 151 Å². The molecule has 3 rings (SSSR count). The Kier molecular flexibility index (Phi) is 11.3. The van der Waals surface area contributed by atoms with Crippen LogP contribution in [0.5, 0.6) is 0 Å². The number of carbonyl (C=O) groups is 2. The van der Waals surface area contributed by atoms with Crippen LogP contribution in [0, 0.1) is 0 Å². The molecule has 1 heterocycles. The highest BCUT2D eigenvalue weighted by atomic mass is 16.4. The Morgan fingerprint density at radius 2 is 0.676 bits per heavy atom. The van der Waals surface area contributed by atoms with Gasteiger partial charge in [0.05, 0.1) is 0 Å². The predicted molar refractivity (Wildman–Crippen MR) is 134 cm³/mol.